The summed E-state index contributed by atoms with van der Waals surface area (Å²) in [5.74, 6) is 0.0894. The SMILES string of the molecule is C=C=CCCC(=O)n1c(-c2ccccc2)cc2ccccc21. The Kier molecular flexibility index (Phi) is 4.04. The van der Waals surface area contributed by atoms with E-state index in [2.05, 4.69) is 18.4 Å². The first kappa shape index (κ1) is 14.1. The van der Waals surface area contributed by atoms with Crippen LogP contribution in [0.25, 0.3) is 22.2 Å². The zero-order valence-corrected chi connectivity index (χ0v) is 12.3. The second kappa shape index (κ2) is 6.30. The highest BCUT2D eigenvalue weighted by atomic mass is 16.2. The van der Waals surface area contributed by atoms with Crippen molar-refractivity contribution in [3.8, 4) is 11.3 Å². The van der Waals surface area contributed by atoms with Crippen LogP contribution in [0.1, 0.15) is 17.6 Å². The molecule has 0 fully saturated rings. The summed E-state index contributed by atoms with van der Waals surface area (Å²) in [5, 5.41) is 1.08. The van der Waals surface area contributed by atoms with E-state index in [0.29, 0.717) is 12.8 Å². The van der Waals surface area contributed by atoms with Crippen molar-refractivity contribution < 1.29 is 4.79 Å². The molecular weight excluding hydrogens is 270 g/mol. The minimum Gasteiger partial charge on any atom is -0.280 e. The maximum Gasteiger partial charge on any atom is 0.231 e. The number of hydrogen-bond donors (Lipinski definition) is 0. The van der Waals surface area contributed by atoms with Crippen molar-refractivity contribution in [2.24, 2.45) is 0 Å². The van der Waals surface area contributed by atoms with Crippen LogP contribution in [0.5, 0.6) is 0 Å². The number of benzene rings is 2. The molecule has 0 aliphatic carbocycles. The number of hydrogen-bond acceptors (Lipinski definition) is 1. The lowest BCUT2D eigenvalue weighted by Crippen LogP contribution is -2.11. The molecule has 0 unspecified atom stereocenters. The molecule has 0 bridgehead atoms. The van der Waals surface area contributed by atoms with Crippen LogP contribution in [0.2, 0.25) is 0 Å². The monoisotopic (exact) mass is 287 g/mol. The molecule has 0 aliphatic rings. The van der Waals surface area contributed by atoms with Gasteiger partial charge in [0.2, 0.25) is 5.91 Å². The fraction of sp³-hybridized carbons (Fsp3) is 0.100. The lowest BCUT2D eigenvalue weighted by atomic mass is 10.1. The molecular formula is C20H17NO. The molecule has 2 nitrogen and oxygen atoms in total. The fourth-order valence-electron chi connectivity index (χ4n) is 2.65. The normalized spacial score (nSPS) is 10.4. The number of allylic oxidation sites excluding steroid dienone is 1. The first-order chi connectivity index (χ1) is 10.8. The summed E-state index contributed by atoms with van der Waals surface area (Å²) in [6, 6.07) is 20.1. The van der Waals surface area contributed by atoms with Gasteiger partial charge in [-0.3, -0.25) is 9.36 Å². The van der Waals surface area contributed by atoms with Gasteiger partial charge in [0.1, 0.15) is 0 Å². The zero-order valence-electron chi connectivity index (χ0n) is 12.3. The van der Waals surface area contributed by atoms with Gasteiger partial charge in [0, 0.05) is 11.8 Å². The average Bonchev–Trinajstić information content (AvgIpc) is 2.95. The van der Waals surface area contributed by atoms with Gasteiger partial charge in [-0.25, -0.2) is 0 Å². The molecule has 0 saturated carbocycles. The number of aromatic nitrogens is 1. The fourth-order valence-corrected chi connectivity index (χ4v) is 2.65. The summed E-state index contributed by atoms with van der Waals surface area (Å²) in [7, 11) is 0. The van der Waals surface area contributed by atoms with Crippen molar-refractivity contribution >= 4 is 16.8 Å². The van der Waals surface area contributed by atoms with Crippen molar-refractivity contribution in [2.75, 3.05) is 0 Å². The Labute approximate surface area is 130 Å². The second-order valence-corrected chi connectivity index (χ2v) is 5.13. The Balaban J connectivity index is 2.13. The van der Waals surface area contributed by atoms with Gasteiger partial charge in [-0.2, -0.15) is 0 Å². The van der Waals surface area contributed by atoms with Crippen LogP contribution < -0.4 is 0 Å². The Morgan fingerprint density at radius 3 is 2.59 bits per heavy atom. The lowest BCUT2D eigenvalue weighted by Gasteiger charge is -2.09. The Bertz CT molecular complexity index is 852. The predicted octanol–water partition coefficient (Wildman–Crippen LogP) is 5.07. The predicted molar refractivity (Wildman–Crippen MR) is 90.9 cm³/mol. The van der Waals surface area contributed by atoms with E-state index in [1.807, 2.05) is 59.2 Å². The molecule has 3 aromatic rings. The maximum atomic E-state index is 12.7. The van der Waals surface area contributed by atoms with Crippen LogP contribution >= 0.6 is 0 Å². The topological polar surface area (TPSA) is 22.0 Å². The molecule has 0 saturated heterocycles. The third-order valence-corrected chi connectivity index (χ3v) is 3.68. The maximum absolute atomic E-state index is 12.7. The van der Waals surface area contributed by atoms with Gasteiger partial charge in [0.25, 0.3) is 0 Å². The minimum absolute atomic E-state index is 0.0894. The summed E-state index contributed by atoms with van der Waals surface area (Å²) in [4.78, 5) is 12.7. The van der Waals surface area contributed by atoms with Crippen molar-refractivity contribution in [2.45, 2.75) is 12.8 Å². The van der Waals surface area contributed by atoms with Crippen molar-refractivity contribution in [1.82, 2.24) is 4.57 Å². The molecule has 0 amide bonds. The number of carbonyl (C=O) groups excluding carboxylic acids is 1. The highest BCUT2D eigenvalue weighted by Gasteiger charge is 2.15. The van der Waals surface area contributed by atoms with Gasteiger partial charge in [-0.05, 0) is 30.2 Å². The van der Waals surface area contributed by atoms with Gasteiger partial charge in [0.05, 0.1) is 11.2 Å². The van der Waals surface area contributed by atoms with E-state index in [1.165, 1.54) is 0 Å². The van der Waals surface area contributed by atoms with Gasteiger partial charge in [-0.15, -0.1) is 5.73 Å². The summed E-state index contributed by atoms with van der Waals surface area (Å²) in [6.07, 6.45) is 2.90. The highest BCUT2D eigenvalue weighted by molar-refractivity contribution is 5.98. The largest absolute Gasteiger partial charge is 0.280 e. The lowest BCUT2D eigenvalue weighted by molar-refractivity contribution is 0.0911. The first-order valence-corrected chi connectivity index (χ1v) is 7.34. The molecule has 0 atom stereocenters. The van der Waals surface area contributed by atoms with Crippen LogP contribution in [0.4, 0.5) is 0 Å². The number of para-hydroxylation sites is 1. The van der Waals surface area contributed by atoms with Crippen LogP contribution in [0, 0.1) is 0 Å². The van der Waals surface area contributed by atoms with Crippen LogP contribution in [0.15, 0.2) is 79.0 Å². The quantitative estimate of drug-likeness (QED) is 0.614. The minimum atomic E-state index is 0.0894. The van der Waals surface area contributed by atoms with Crippen LogP contribution in [-0.2, 0) is 0 Å². The zero-order chi connectivity index (χ0) is 15.4. The third-order valence-electron chi connectivity index (χ3n) is 3.68. The van der Waals surface area contributed by atoms with Crippen molar-refractivity contribution in [3.05, 3.63) is 79.0 Å². The molecule has 0 N–H and O–H groups in total. The molecule has 1 heterocycles. The Hall–Kier alpha value is -2.83. The number of rotatable bonds is 4. The molecule has 108 valence electrons. The smallest absolute Gasteiger partial charge is 0.231 e. The molecule has 22 heavy (non-hydrogen) atoms. The molecule has 0 spiro atoms. The van der Waals surface area contributed by atoms with E-state index in [1.54, 1.807) is 6.08 Å². The van der Waals surface area contributed by atoms with E-state index in [-0.39, 0.29) is 5.91 Å². The summed E-state index contributed by atoms with van der Waals surface area (Å²) >= 11 is 0. The number of fused-ring (bicyclic) bond motifs is 1. The van der Waals surface area contributed by atoms with Crippen LogP contribution in [0.3, 0.4) is 0 Å². The standard InChI is InChI=1S/C20H17NO/c1-2-3-5-14-20(22)21-18-13-9-8-12-17(18)15-19(21)16-10-6-4-7-11-16/h3-4,6-13,15H,1,5,14H2. The van der Waals surface area contributed by atoms with E-state index in [4.69, 9.17) is 0 Å². The summed E-state index contributed by atoms with van der Waals surface area (Å²) in [5.41, 5.74) is 5.65. The molecule has 2 heteroatoms. The Morgan fingerprint density at radius 2 is 1.82 bits per heavy atom. The van der Waals surface area contributed by atoms with Gasteiger partial charge >= 0.3 is 0 Å². The van der Waals surface area contributed by atoms with Gasteiger partial charge < -0.3 is 0 Å². The molecule has 2 aromatic carbocycles. The van der Waals surface area contributed by atoms with Gasteiger partial charge in [-0.1, -0.05) is 55.1 Å². The third kappa shape index (κ3) is 2.65. The first-order valence-electron chi connectivity index (χ1n) is 7.34. The molecule has 0 aliphatic heterocycles. The number of nitrogens with zero attached hydrogens (tertiary/aromatic N) is 1. The van der Waals surface area contributed by atoms with Gasteiger partial charge in [0.15, 0.2) is 0 Å². The average molecular weight is 287 g/mol. The van der Waals surface area contributed by atoms with Crippen molar-refractivity contribution in [3.63, 3.8) is 0 Å². The Morgan fingerprint density at radius 1 is 1.09 bits per heavy atom. The molecule has 0 radical (unpaired) electrons. The van der Waals surface area contributed by atoms with Crippen molar-refractivity contribution in [1.29, 1.82) is 0 Å². The van der Waals surface area contributed by atoms with Crippen LogP contribution in [-0.4, -0.2) is 10.5 Å². The molecule has 1 aromatic heterocycles. The van der Waals surface area contributed by atoms with E-state index in [9.17, 15) is 4.79 Å². The number of carbonyl (C=O) groups is 1. The molecule has 3 rings (SSSR count). The second-order valence-electron chi connectivity index (χ2n) is 5.13. The summed E-state index contributed by atoms with van der Waals surface area (Å²) in [6.45, 7) is 3.54. The van der Waals surface area contributed by atoms with E-state index < -0.39 is 0 Å². The van der Waals surface area contributed by atoms with E-state index >= 15 is 0 Å². The summed E-state index contributed by atoms with van der Waals surface area (Å²) < 4.78 is 1.82. The van der Waals surface area contributed by atoms with E-state index in [0.717, 1.165) is 22.2 Å². The highest BCUT2D eigenvalue weighted by Crippen LogP contribution is 2.28.